The number of ether oxygens (including phenoxy) is 1. The monoisotopic (exact) mass is 299 g/mol. The Morgan fingerprint density at radius 2 is 1.84 bits per heavy atom. The van der Waals surface area contributed by atoms with Crippen molar-refractivity contribution in [1.29, 1.82) is 0 Å². The Labute approximate surface area is 124 Å². The van der Waals surface area contributed by atoms with Gasteiger partial charge < -0.3 is 10.1 Å². The fourth-order valence-corrected chi connectivity index (χ4v) is 3.61. The van der Waals surface area contributed by atoms with E-state index in [4.69, 9.17) is 27.9 Å². The van der Waals surface area contributed by atoms with E-state index in [9.17, 15) is 0 Å². The average Bonchev–Trinajstić information content (AvgIpc) is 2.39. The number of piperidine rings is 2. The van der Waals surface area contributed by atoms with Gasteiger partial charge in [-0.3, -0.25) is 0 Å². The summed E-state index contributed by atoms with van der Waals surface area (Å²) in [5, 5.41) is 4.87. The summed E-state index contributed by atoms with van der Waals surface area (Å²) < 4.78 is 6.18. The molecule has 19 heavy (non-hydrogen) atoms. The highest BCUT2D eigenvalue weighted by molar-refractivity contribution is 6.42. The smallest absolute Gasteiger partial charge is 0.124 e. The molecule has 0 spiro atoms. The molecule has 2 fully saturated rings. The van der Waals surface area contributed by atoms with Gasteiger partial charge in [0.1, 0.15) is 11.9 Å². The first-order valence-electron chi connectivity index (χ1n) is 7.01. The van der Waals surface area contributed by atoms with Gasteiger partial charge in [0.25, 0.3) is 0 Å². The first kappa shape index (κ1) is 13.5. The van der Waals surface area contributed by atoms with E-state index in [1.165, 1.54) is 19.3 Å². The van der Waals surface area contributed by atoms with Gasteiger partial charge in [-0.15, -0.1) is 0 Å². The van der Waals surface area contributed by atoms with Crippen LogP contribution in [0.25, 0.3) is 0 Å². The van der Waals surface area contributed by atoms with Crippen molar-refractivity contribution in [2.75, 3.05) is 0 Å². The number of fused-ring (bicyclic) bond motifs is 2. The van der Waals surface area contributed by atoms with Crippen molar-refractivity contribution >= 4 is 23.2 Å². The molecule has 2 heterocycles. The van der Waals surface area contributed by atoms with Gasteiger partial charge in [0, 0.05) is 17.6 Å². The maximum Gasteiger partial charge on any atom is 0.124 e. The molecule has 2 aliphatic heterocycles. The molecule has 1 N–H and O–H groups in total. The summed E-state index contributed by atoms with van der Waals surface area (Å²) >= 11 is 12.2. The average molecular weight is 300 g/mol. The third kappa shape index (κ3) is 2.86. The lowest BCUT2D eigenvalue weighted by Crippen LogP contribution is -2.51. The summed E-state index contributed by atoms with van der Waals surface area (Å²) in [4.78, 5) is 0. The SMILES string of the molecule is Cc1c(OC2C[C@H]3CCC[C@@H](C2)N3)ccc(Cl)c1Cl. The Kier molecular flexibility index (Phi) is 3.93. The fraction of sp³-hybridized carbons (Fsp3) is 0.600. The predicted molar refractivity (Wildman–Crippen MR) is 79.4 cm³/mol. The van der Waals surface area contributed by atoms with Gasteiger partial charge in [-0.2, -0.15) is 0 Å². The van der Waals surface area contributed by atoms with Crippen molar-refractivity contribution in [3.8, 4) is 5.75 Å². The van der Waals surface area contributed by atoms with Crippen LogP contribution >= 0.6 is 23.2 Å². The molecule has 2 nitrogen and oxygen atoms in total. The van der Waals surface area contributed by atoms with Gasteiger partial charge in [0.2, 0.25) is 0 Å². The van der Waals surface area contributed by atoms with E-state index in [0.717, 1.165) is 24.2 Å². The van der Waals surface area contributed by atoms with Gasteiger partial charge >= 0.3 is 0 Å². The van der Waals surface area contributed by atoms with Crippen LogP contribution in [-0.2, 0) is 0 Å². The molecular weight excluding hydrogens is 281 g/mol. The molecule has 2 saturated heterocycles. The van der Waals surface area contributed by atoms with E-state index in [0.29, 0.717) is 28.2 Å². The second-order valence-electron chi connectivity index (χ2n) is 5.69. The van der Waals surface area contributed by atoms with E-state index in [-0.39, 0.29) is 0 Å². The van der Waals surface area contributed by atoms with Gasteiger partial charge in [-0.25, -0.2) is 0 Å². The standard InChI is InChI=1S/C15H19Cl2NO/c1-9-14(6-5-13(16)15(9)17)19-12-7-10-3-2-4-11(8-12)18-10/h5-6,10-12,18H,2-4,7-8H2,1H3/t10-,11+,12?. The number of hydrogen-bond donors (Lipinski definition) is 1. The molecule has 2 aliphatic rings. The van der Waals surface area contributed by atoms with Crippen LogP contribution in [0.3, 0.4) is 0 Å². The van der Waals surface area contributed by atoms with E-state index < -0.39 is 0 Å². The Balaban J connectivity index is 1.73. The minimum atomic E-state index is 0.299. The quantitative estimate of drug-likeness (QED) is 0.876. The van der Waals surface area contributed by atoms with E-state index in [1.54, 1.807) is 0 Å². The number of rotatable bonds is 2. The van der Waals surface area contributed by atoms with Crippen molar-refractivity contribution in [1.82, 2.24) is 5.32 Å². The summed E-state index contributed by atoms with van der Waals surface area (Å²) in [5.41, 5.74) is 0.942. The van der Waals surface area contributed by atoms with Gasteiger partial charge in [-0.1, -0.05) is 29.6 Å². The molecule has 2 bridgehead atoms. The predicted octanol–water partition coefficient (Wildman–Crippen LogP) is 4.35. The summed E-state index contributed by atoms with van der Waals surface area (Å²) in [6.07, 6.45) is 6.38. The molecule has 1 aromatic carbocycles. The van der Waals surface area contributed by atoms with Crippen LogP contribution in [0.5, 0.6) is 5.75 Å². The van der Waals surface area contributed by atoms with Crippen LogP contribution in [0.1, 0.15) is 37.7 Å². The minimum absolute atomic E-state index is 0.299. The Morgan fingerprint density at radius 1 is 1.16 bits per heavy atom. The lowest BCUT2D eigenvalue weighted by atomic mass is 9.85. The molecule has 1 aromatic rings. The van der Waals surface area contributed by atoms with Gasteiger partial charge in [0.15, 0.2) is 0 Å². The zero-order valence-corrected chi connectivity index (χ0v) is 12.6. The fourth-order valence-electron chi connectivity index (χ4n) is 3.25. The Morgan fingerprint density at radius 3 is 2.53 bits per heavy atom. The highest BCUT2D eigenvalue weighted by Gasteiger charge is 2.32. The van der Waals surface area contributed by atoms with E-state index in [1.807, 2.05) is 19.1 Å². The van der Waals surface area contributed by atoms with Crippen LogP contribution in [0, 0.1) is 6.92 Å². The van der Waals surface area contributed by atoms with Gasteiger partial charge in [-0.05, 0) is 44.7 Å². The molecule has 3 rings (SSSR count). The molecule has 104 valence electrons. The Hall–Kier alpha value is -0.440. The number of halogens is 2. The highest BCUT2D eigenvalue weighted by Crippen LogP contribution is 2.35. The van der Waals surface area contributed by atoms with Crippen molar-refractivity contribution in [3.63, 3.8) is 0 Å². The zero-order valence-electron chi connectivity index (χ0n) is 11.1. The van der Waals surface area contributed by atoms with Crippen LogP contribution in [0.15, 0.2) is 12.1 Å². The van der Waals surface area contributed by atoms with Crippen LogP contribution < -0.4 is 10.1 Å². The summed E-state index contributed by atoms with van der Waals surface area (Å²) in [7, 11) is 0. The van der Waals surface area contributed by atoms with Crippen LogP contribution in [0.4, 0.5) is 0 Å². The van der Waals surface area contributed by atoms with Crippen LogP contribution in [0.2, 0.25) is 10.0 Å². The second-order valence-corrected chi connectivity index (χ2v) is 6.47. The van der Waals surface area contributed by atoms with Gasteiger partial charge in [0.05, 0.1) is 10.0 Å². The largest absolute Gasteiger partial charge is 0.490 e. The molecule has 0 amide bonds. The summed E-state index contributed by atoms with van der Waals surface area (Å²) in [5.74, 6) is 0.874. The highest BCUT2D eigenvalue weighted by atomic mass is 35.5. The van der Waals surface area contributed by atoms with Crippen molar-refractivity contribution in [3.05, 3.63) is 27.7 Å². The van der Waals surface area contributed by atoms with Crippen molar-refractivity contribution in [2.24, 2.45) is 0 Å². The van der Waals surface area contributed by atoms with Crippen LogP contribution in [-0.4, -0.2) is 18.2 Å². The molecule has 1 unspecified atom stereocenters. The van der Waals surface area contributed by atoms with Crippen molar-refractivity contribution in [2.45, 2.75) is 57.2 Å². The van der Waals surface area contributed by atoms with E-state index in [2.05, 4.69) is 5.32 Å². The summed E-state index contributed by atoms with van der Waals surface area (Å²) in [6.45, 7) is 1.96. The normalized spacial score (nSPS) is 30.2. The van der Waals surface area contributed by atoms with Crippen molar-refractivity contribution < 1.29 is 4.74 Å². The lowest BCUT2D eigenvalue weighted by molar-refractivity contribution is 0.0921. The summed E-state index contributed by atoms with van der Waals surface area (Å²) in [6, 6.07) is 5.00. The first-order chi connectivity index (χ1) is 9.13. The molecule has 4 heteroatoms. The second kappa shape index (κ2) is 5.51. The molecule has 0 aromatic heterocycles. The number of benzene rings is 1. The maximum absolute atomic E-state index is 6.18. The first-order valence-corrected chi connectivity index (χ1v) is 7.76. The molecule has 0 saturated carbocycles. The molecular formula is C15H19Cl2NO. The molecule has 3 atom stereocenters. The zero-order chi connectivity index (χ0) is 13.4. The maximum atomic E-state index is 6.18. The molecule has 0 radical (unpaired) electrons. The minimum Gasteiger partial charge on any atom is -0.490 e. The number of hydrogen-bond acceptors (Lipinski definition) is 2. The van der Waals surface area contributed by atoms with E-state index >= 15 is 0 Å². The molecule has 0 aliphatic carbocycles. The number of nitrogens with one attached hydrogen (secondary N) is 1. The third-order valence-corrected chi connectivity index (χ3v) is 5.15. The lowest BCUT2D eigenvalue weighted by Gasteiger charge is -2.40. The topological polar surface area (TPSA) is 21.3 Å². The third-order valence-electron chi connectivity index (χ3n) is 4.25. The Bertz CT molecular complexity index is 465.